The number of hydrogen-bond acceptors (Lipinski definition) is 1. The molecule has 0 spiro atoms. The predicted molar refractivity (Wildman–Crippen MR) is 80.8 cm³/mol. The molecular formula is C15H20BrClO. The molecule has 1 fully saturated rings. The molecule has 1 aliphatic rings. The van der Waals surface area contributed by atoms with Crippen LogP contribution in [0.25, 0.3) is 0 Å². The molecule has 1 aromatic carbocycles. The van der Waals surface area contributed by atoms with E-state index in [0.29, 0.717) is 12.0 Å². The highest BCUT2D eigenvalue weighted by Crippen LogP contribution is 2.35. The average molecular weight is 332 g/mol. The van der Waals surface area contributed by atoms with Crippen LogP contribution < -0.4 is 0 Å². The molecule has 18 heavy (non-hydrogen) atoms. The van der Waals surface area contributed by atoms with E-state index in [4.69, 9.17) is 16.3 Å². The number of alkyl halides is 1. The van der Waals surface area contributed by atoms with Crippen LogP contribution in [0.4, 0.5) is 0 Å². The van der Waals surface area contributed by atoms with Crippen LogP contribution in [0.5, 0.6) is 0 Å². The summed E-state index contributed by atoms with van der Waals surface area (Å²) >= 11 is 9.55. The molecule has 0 bridgehead atoms. The summed E-state index contributed by atoms with van der Waals surface area (Å²) in [6, 6.07) is 8.17. The summed E-state index contributed by atoms with van der Waals surface area (Å²) < 4.78 is 6.08. The Morgan fingerprint density at radius 1 is 1.39 bits per heavy atom. The number of halogens is 2. The third-order valence-corrected chi connectivity index (χ3v) is 4.66. The van der Waals surface area contributed by atoms with Crippen LogP contribution in [0.3, 0.4) is 0 Å². The van der Waals surface area contributed by atoms with Crippen LogP contribution in [0.1, 0.15) is 44.6 Å². The fourth-order valence-electron chi connectivity index (χ4n) is 2.58. The lowest BCUT2D eigenvalue weighted by Gasteiger charge is -2.22. The van der Waals surface area contributed by atoms with Gasteiger partial charge in [-0.25, -0.2) is 0 Å². The molecule has 1 saturated heterocycles. The third-order valence-electron chi connectivity index (χ3n) is 3.63. The first-order valence-corrected chi connectivity index (χ1v) is 7.99. The second-order valence-electron chi connectivity index (χ2n) is 5.68. The molecule has 1 heterocycles. The van der Waals surface area contributed by atoms with Crippen molar-refractivity contribution in [1.82, 2.24) is 0 Å². The zero-order chi connectivity index (χ0) is 13.2. The summed E-state index contributed by atoms with van der Waals surface area (Å²) in [5.41, 5.74) is 1.39. The van der Waals surface area contributed by atoms with Gasteiger partial charge in [-0.1, -0.05) is 39.7 Å². The molecule has 0 radical (unpaired) electrons. The lowest BCUT2D eigenvalue weighted by molar-refractivity contribution is -0.0201. The van der Waals surface area contributed by atoms with Crippen molar-refractivity contribution in [3.8, 4) is 0 Å². The fraction of sp³-hybridized carbons (Fsp3) is 0.600. The Morgan fingerprint density at radius 3 is 2.56 bits per heavy atom. The molecule has 100 valence electrons. The Hall–Kier alpha value is -0.0500. The van der Waals surface area contributed by atoms with Crippen molar-refractivity contribution in [2.75, 3.05) is 5.33 Å². The highest BCUT2D eigenvalue weighted by atomic mass is 79.9. The minimum absolute atomic E-state index is 0.0571. The van der Waals surface area contributed by atoms with Crippen LogP contribution in [0, 0.1) is 0 Å². The van der Waals surface area contributed by atoms with Gasteiger partial charge in [0.1, 0.15) is 0 Å². The molecule has 0 aliphatic carbocycles. The van der Waals surface area contributed by atoms with Crippen molar-refractivity contribution >= 4 is 27.5 Å². The van der Waals surface area contributed by atoms with Gasteiger partial charge in [-0.3, -0.25) is 0 Å². The molecule has 2 atom stereocenters. The minimum Gasteiger partial charge on any atom is -0.372 e. The minimum atomic E-state index is 0.0571. The van der Waals surface area contributed by atoms with Crippen LogP contribution in [-0.4, -0.2) is 17.0 Å². The van der Waals surface area contributed by atoms with Crippen LogP contribution in [0.15, 0.2) is 24.3 Å². The Balaban J connectivity index is 2.00. The number of benzene rings is 1. The van der Waals surface area contributed by atoms with Gasteiger partial charge in [0.2, 0.25) is 0 Å². The first-order chi connectivity index (χ1) is 8.50. The van der Waals surface area contributed by atoms with Crippen molar-refractivity contribution in [3.05, 3.63) is 34.9 Å². The third kappa shape index (κ3) is 3.72. The summed E-state index contributed by atoms with van der Waals surface area (Å²) in [6.45, 7) is 4.36. The van der Waals surface area contributed by atoms with E-state index in [2.05, 4.69) is 41.9 Å². The van der Waals surface area contributed by atoms with Crippen molar-refractivity contribution < 1.29 is 4.74 Å². The largest absolute Gasteiger partial charge is 0.372 e. The Kier molecular flexibility index (Phi) is 4.74. The zero-order valence-electron chi connectivity index (χ0n) is 11.0. The van der Waals surface area contributed by atoms with E-state index in [1.807, 2.05) is 12.1 Å². The predicted octanol–water partition coefficient (Wildman–Crippen LogP) is 5.17. The summed E-state index contributed by atoms with van der Waals surface area (Å²) in [5.74, 6) is 0.501. The topological polar surface area (TPSA) is 9.23 Å². The molecule has 3 heteroatoms. The van der Waals surface area contributed by atoms with E-state index in [1.165, 1.54) is 12.0 Å². The van der Waals surface area contributed by atoms with E-state index in [1.54, 1.807) is 0 Å². The van der Waals surface area contributed by atoms with Gasteiger partial charge in [0, 0.05) is 10.4 Å². The molecule has 2 unspecified atom stereocenters. The molecule has 0 N–H and O–H groups in total. The first kappa shape index (κ1) is 14.4. The molecule has 1 nitrogen and oxygen atoms in total. The Morgan fingerprint density at radius 2 is 2.06 bits per heavy atom. The monoisotopic (exact) mass is 330 g/mol. The summed E-state index contributed by atoms with van der Waals surface area (Å²) in [7, 11) is 0. The van der Waals surface area contributed by atoms with Gasteiger partial charge in [-0.2, -0.15) is 0 Å². The van der Waals surface area contributed by atoms with Crippen molar-refractivity contribution in [1.29, 1.82) is 0 Å². The van der Waals surface area contributed by atoms with E-state index in [0.717, 1.165) is 23.2 Å². The van der Waals surface area contributed by atoms with Crippen LogP contribution in [-0.2, 0) is 4.74 Å². The fourth-order valence-corrected chi connectivity index (χ4v) is 3.35. The lowest BCUT2D eigenvalue weighted by Crippen LogP contribution is -2.21. The van der Waals surface area contributed by atoms with Crippen LogP contribution in [0.2, 0.25) is 5.02 Å². The van der Waals surface area contributed by atoms with E-state index < -0.39 is 0 Å². The highest BCUT2D eigenvalue weighted by molar-refractivity contribution is 9.09. The van der Waals surface area contributed by atoms with E-state index in [-0.39, 0.29) is 5.60 Å². The van der Waals surface area contributed by atoms with Gasteiger partial charge < -0.3 is 4.74 Å². The lowest BCUT2D eigenvalue weighted by atomic mass is 9.93. The Labute approximate surface area is 123 Å². The molecular weight excluding hydrogens is 312 g/mol. The van der Waals surface area contributed by atoms with Gasteiger partial charge in [0.25, 0.3) is 0 Å². The van der Waals surface area contributed by atoms with E-state index >= 15 is 0 Å². The van der Waals surface area contributed by atoms with Gasteiger partial charge >= 0.3 is 0 Å². The standard InChI is InChI=1S/C15H20BrClO/c1-15(2)8-7-14(18-15)9-12(10-16)11-3-5-13(17)6-4-11/h3-6,12,14H,7-10H2,1-2H3. The first-order valence-electron chi connectivity index (χ1n) is 6.49. The normalized spacial score (nSPS) is 24.1. The smallest absolute Gasteiger partial charge is 0.0631 e. The van der Waals surface area contributed by atoms with Gasteiger partial charge in [-0.05, 0) is 56.7 Å². The molecule has 1 aliphatic heterocycles. The van der Waals surface area contributed by atoms with Gasteiger partial charge in [0.05, 0.1) is 11.7 Å². The second kappa shape index (κ2) is 5.94. The average Bonchev–Trinajstić information content (AvgIpc) is 2.67. The highest BCUT2D eigenvalue weighted by Gasteiger charge is 2.32. The van der Waals surface area contributed by atoms with Gasteiger partial charge in [0.15, 0.2) is 0 Å². The van der Waals surface area contributed by atoms with Crippen molar-refractivity contribution in [3.63, 3.8) is 0 Å². The van der Waals surface area contributed by atoms with Crippen molar-refractivity contribution in [2.24, 2.45) is 0 Å². The zero-order valence-corrected chi connectivity index (χ0v) is 13.3. The summed E-state index contributed by atoms with van der Waals surface area (Å²) in [5, 5.41) is 1.76. The maximum absolute atomic E-state index is 6.08. The number of rotatable bonds is 4. The summed E-state index contributed by atoms with van der Waals surface area (Å²) in [6.07, 6.45) is 3.80. The number of ether oxygens (including phenoxy) is 1. The molecule has 0 saturated carbocycles. The maximum atomic E-state index is 6.08. The summed E-state index contributed by atoms with van der Waals surface area (Å²) in [4.78, 5) is 0. The quantitative estimate of drug-likeness (QED) is 0.692. The molecule has 0 aromatic heterocycles. The SMILES string of the molecule is CC1(C)CCC(CC(CBr)c2ccc(Cl)cc2)O1. The Bertz CT molecular complexity index is 388. The number of hydrogen-bond donors (Lipinski definition) is 0. The molecule has 0 amide bonds. The molecule has 2 rings (SSSR count). The van der Waals surface area contributed by atoms with Gasteiger partial charge in [-0.15, -0.1) is 0 Å². The van der Waals surface area contributed by atoms with Crippen LogP contribution >= 0.6 is 27.5 Å². The maximum Gasteiger partial charge on any atom is 0.0631 e. The second-order valence-corrected chi connectivity index (χ2v) is 6.76. The van der Waals surface area contributed by atoms with Crippen molar-refractivity contribution in [2.45, 2.75) is 50.7 Å². The van der Waals surface area contributed by atoms with E-state index in [9.17, 15) is 0 Å². The molecule has 1 aromatic rings.